The van der Waals surface area contributed by atoms with E-state index in [1.165, 1.54) is 6.07 Å². The Morgan fingerprint density at radius 3 is 2.55 bits per heavy atom. The van der Waals surface area contributed by atoms with Gasteiger partial charge >= 0.3 is 5.97 Å². The molecule has 0 aliphatic heterocycles. The number of halogens is 2. The summed E-state index contributed by atoms with van der Waals surface area (Å²) in [5.41, 5.74) is 0.776. The Morgan fingerprint density at radius 2 is 1.95 bits per heavy atom. The lowest BCUT2D eigenvalue weighted by atomic mass is 9.92. The first kappa shape index (κ1) is 16.5. The number of esters is 1. The van der Waals surface area contributed by atoms with Crippen molar-refractivity contribution in [2.45, 2.75) is 26.4 Å². The van der Waals surface area contributed by atoms with Gasteiger partial charge < -0.3 is 4.74 Å². The van der Waals surface area contributed by atoms with E-state index in [-0.39, 0.29) is 16.5 Å². The summed E-state index contributed by atoms with van der Waals surface area (Å²) in [7, 11) is 1.68. The molecule has 0 spiro atoms. The minimum absolute atomic E-state index is 0.00680. The molecule has 0 saturated carbocycles. The van der Waals surface area contributed by atoms with Gasteiger partial charge in [-0.1, -0.05) is 29.2 Å². The van der Waals surface area contributed by atoms with E-state index in [2.05, 4.69) is 4.98 Å². The first-order chi connectivity index (χ1) is 10.2. The maximum absolute atomic E-state index is 14.1. The third-order valence-electron chi connectivity index (χ3n) is 2.94. The monoisotopic (exact) mass is 319 g/mol. The third kappa shape index (κ3) is 3.66. The van der Waals surface area contributed by atoms with Gasteiger partial charge in [0.25, 0.3) is 0 Å². The SMILES string of the molecule is Bc1cccc(-c2ccc(C(=O)OC(C)(C)C)c(Cl)n2)c1F. The molecule has 0 atom stereocenters. The number of rotatable bonds is 2. The van der Waals surface area contributed by atoms with Gasteiger partial charge in [-0.3, -0.25) is 0 Å². The Labute approximate surface area is 134 Å². The molecule has 0 N–H and O–H groups in total. The maximum Gasteiger partial charge on any atom is 0.341 e. The maximum atomic E-state index is 14.1. The van der Waals surface area contributed by atoms with E-state index in [9.17, 15) is 9.18 Å². The number of benzene rings is 1. The van der Waals surface area contributed by atoms with E-state index >= 15 is 0 Å². The second-order valence-corrected chi connectivity index (χ2v) is 6.33. The van der Waals surface area contributed by atoms with Gasteiger partial charge in [0.15, 0.2) is 0 Å². The molecule has 22 heavy (non-hydrogen) atoms. The summed E-state index contributed by atoms with van der Waals surface area (Å²) in [6.07, 6.45) is 0. The predicted octanol–water partition coefficient (Wildman–Crippen LogP) is 2.75. The van der Waals surface area contributed by atoms with Crippen LogP contribution >= 0.6 is 11.6 Å². The zero-order valence-corrected chi connectivity index (χ0v) is 13.7. The molecule has 1 aromatic carbocycles. The molecule has 2 rings (SSSR count). The molecule has 1 aromatic heterocycles. The fraction of sp³-hybridized carbons (Fsp3) is 0.250. The minimum Gasteiger partial charge on any atom is -0.456 e. The molecule has 0 aliphatic rings. The van der Waals surface area contributed by atoms with Gasteiger partial charge in [0.05, 0.1) is 11.3 Å². The predicted molar refractivity (Wildman–Crippen MR) is 88.0 cm³/mol. The zero-order valence-electron chi connectivity index (χ0n) is 12.9. The topological polar surface area (TPSA) is 39.2 Å². The van der Waals surface area contributed by atoms with Crippen LogP contribution in [0.25, 0.3) is 11.3 Å². The number of hydrogen-bond acceptors (Lipinski definition) is 3. The Bertz CT molecular complexity index is 729. The fourth-order valence-electron chi connectivity index (χ4n) is 1.91. The van der Waals surface area contributed by atoms with E-state index in [0.717, 1.165) is 0 Å². The summed E-state index contributed by atoms with van der Waals surface area (Å²) in [6, 6.07) is 8.10. The van der Waals surface area contributed by atoms with Crippen LogP contribution in [0.15, 0.2) is 30.3 Å². The zero-order chi connectivity index (χ0) is 16.5. The Balaban J connectivity index is 2.38. The second kappa shape index (κ2) is 6.09. The molecule has 6 heteroatoms. The van der Waals surface area contributed by atoms with E-state index in [1.54, 1.807) is 52.9 Å². The van der Waals surface area contributed by atoms with Crippen LogP contribution < -0.4 is 5.46 Å². The quantitative estimate of drug-likeness (QED) is 0.485. The van der Waals surface area contributed by atoms with E-state index in [1.807, 2.05) is 0 Å². The van der Waals surface area contributed by atoms with Gasteiger partial charge in [-0.15, -0.1) is 0 Å². The molecule has 3 nitrogen and oxygen atoms in total. The van der Waals surface area contributed by atoms with Crippen molar-refractivity contribution in [2.75, 3.05) is 0 Å². The summed E-state index contributed by atoms with van der Waals surface area (Å²) >= 11 is 6.06. The summed E-state index contributed by atoms with van der Waals surface area (Å²) in [4.78, 5) is 16.2. The second-order valence-electron chi connectivity index (χ2n) is 5.97. The van der Waals surface area contributed by atoms with Crippen molar-refractivity contribution >= 4 is 30.9 Å². The molecule has 2 aromatic rings. The Morgan fingerprint density at radius 1 is 1.27 bits per heavy atom. The van der Waals surface area contributed by atoms with Crippen LogP contribution in [0.4, 0.5) is 4.39 Å². The van der Waals surface area contributed by atoms with Crippen LogP contribution in [-0.4, -0.2) is 24.4 Å². The lowest BCUT2D eigenvalue weighted by molar-refractivity contribution is 0.00694. The van der Waals surface area contributed by atoms with Crippen molar-refractivity contribution in [3.63, 3.8) is 0 Å². The number of carbonyl (C=O) groups excluding carboxylic acids is 1. The summed E-state index contributed by atoms with van der Waals surface area (Å²) in [5, 5.41) is -0.00680. The third-order valence-corrected chi connectivity index (χ3v) is 3.22. The standard InChI is InChI=1S/C16H16BClFNO2/c1-16(2,3)22-15(21)10-7-8-12(20-14(10)18)9-5-4-6-11(17)13(9)19/h4-8H,17H2,1-3H3. The molecule has 0 amide bonds. The molecule has 0 saturated heterocycles. The Kier molecular flexibility index (Phi) is 4.56. The Hall–Kier alpha value is -1.88. The highest BCUT2D eigenvalue weighted by Gasteiger charge is 2.21. The number of nitrogens with zero attached hydrogens (tertiary/aromatic N) is 1. The minimum atomic E-state index is -0.623. The first-order valence-electron chi connectivity index (χ1n) is 6.84. The average molecular weight is 320 g/mol. The fourth-order valence-corrected chi connectivity index (χ4v) is 2.15. The first-order valence-corrected chi connectivity index (χ1v) is 7.22. The van der Waals surface area contributed by atoms with Crippen LogP contribution in [0.1, 0.15) is 31.1 Å². The van der Waals surface area contributed by atoms with Gasteiger partial charge in [-0.25, -0.2) is 14.2 Å². The van der Waals surface area contributed by atoms with Crippen LogP contribution in [0.2, 0.25) is 5.15 Å². The molecule has 0 radical (unpaired) electrons. The normalized spacial score (nSPS) is 11.3. The van der Waals surface area contributed by atoms with Crippen molar-refractivity contribution in [1.82, 2.24) is 4.98 Å². The van der Waals surface area contributed by atoms with Crippen LogP contribution in [-0.2, 0) is 4.74 Å². The van der Waals surface area contributed by atoms with Crippen LogP contribution in [0.3, 0.4) is 0 Å². The van der Waals surface area contributed by atoms with Gasteiger partial charge in [-0.05, 0) is 39.0 Å². The highest BCUT2D eigenvalue weighted by molar-refractivity contribution is 6.33. The smallest absolute Gasteiger partial charge is 0.341 e. The molecule has 1 heterocycles. The molecular formula is C16H16BClFNO2. The number of aromatic nitrogens is 1. The highest BCUT2D eigenvalue weighted by Crippen LogP contribution is 2.24. The van der Waals surface area contributed by atoms with E-state index < -0.39 is 11.6 Å². The highest BCUT2D eigenvalue weighted by atomic mass is 35.5. The van der Waals surface area contributed by atoms with Crippen molar-refractivity contribution in [2.24, 2.45) is 0 Å². The van der Waals surface area contributed by atoms with Crippen molar-refractivity contribution in [3.8, 4) is 11.3 Å². The molecule has 0 fully saturated rings. The van der Waals surface area contributed by atoms with E-state index in [0.29, 0.717) is 16.7 Å². The lowest BCUT2D eigenvalue weighted by Crippen LogP contribution is -2.24. The average Bonchev–Trinajstić information content (AvgIpc) is 2.39. The largest absolute Gasteiger partial charge is 0.456 e. The number of hydrogen-bond donors (Lipinski definition) is 0. The molecule has 0 unspecified atom stereocenters. The molecule has 114 valence electrons. The summed E-state index contributed by atoms with van der Waals surface area (Å²) in [6.45, 7) is 5.30. The van der Waals surface area contributed by atoms with Crippen LogP contribution in [0.5, 0.6) is 0 Å². The molecule has 0 aliphatic carbocycles. The van der Waals surface area contributed by atoms with Gasteiger partial charge in [-0.2, -0.15) is 0 Å². The van der Waals surface area contributed by atoms with Gasteiger partial charge in [0.2, 0.25) is 0 Å². The van der Waals surface area contributed by atoms with Crippen molar-refractivity contribution < 1.29 is 13.9 Å². The van der Waals surface area contributed by atoms with Crippen molar-refractivity contribution in [3.05, 3.63) is 46.9 Å². The lowest BCUT2D eigenvalue weighted by Gasteiger charge is -2.19. The van der Waals surface area contributed by atoms with Gasteiger partial charge in [0.1, 0.15) is 24.4 Å². The summed E-state index contributed by atoms with van der Waals surface area (Å²) < 4.78 is 19.4. The molecule has 0 bridgehead atoms. The number of ether oxygens (including phenoxy) is 1. The molecular weight excluding hydrogens is 303 g/mol. The summed E-state index contributed by atoms with van der Waals surface area (Å²) in [5.74, 6) is -0.905. The number of pyridine rings is 1. The van der Waals surface area contributed by atoms with Gasteiger partial charge in [0, 0.05) is 5.56 Å². The van der Waals surface area contributed by atoms with Crippen molar-refractivity contribution in [1.29, 1.82) is 0 Å². The van der Waals surface area contributed by atoms with E-state index in [4.69, 9.17) is 16.3 Å². The number of carbonyl (C=O) groups is 1. The van der Waals surface area contributed by atoms with Crippen LogP contribution in [0, 0.1) is 5.82 Å².